The molecule has 0 spiro atoms. The van der Waals surface area contributed by atoms with E-state index in [-0.39, 0.29) is 30.4 Å². The van der Waals surface area contributed by atoms with Crippen molar-refractivity contribution in [3.05, 3.63) is 58.3 Å². The van der Waals surface area contributed by atoms with Gasteiger partial charge in [0.2, 0.25) is 5.75 Å². The van der Waals surface area contributed by atoms with Gasteiger partial charge in [-0.25, -0.2) is 0 Å². The van der Waals surface area contributed by atoms with Gasteiger partial charge in [0.15, 0.2) is 0 Å². The number of fused-ring (bicyclic) bond motifs is 1. The summed E-state index contributed by atoms with van der Waals surface area (Å²) in [4.78, 5) is 22.5. The molecule has 1 saturated carbocycles. The van der Waals surface area contributed by atoms with Crippen molar-refractivity contribution in [1.29, 1.82) is 0 Å². The van der Waals surface area contributed by atoms with Crippen molar-refractivity contribution in [3.63, 3.8) is 0 Å². The van der Waals surface area contributed by atoms with Crippen molar-refractivity contribution in [2.24, 2.45) is 7.05 Å². The van der Waals surface area contributed by atoms with Gasteiger partial charge in [-0.3, -0.25) is 14.9 Å². The zero-order valence-corrected chi connectivity index (χ0v) is 16.8. The summed E-state index contributed by atoms with van der Waals surface area (Å²) in [5.74, 6) is -0.655. The van der Waals surface area contributed by atoms with Crippen LogP contribution in [-0.2, 0) is 18.3 Å². The Morgan fingerprint density at radius 1 is 1.23 bits per heavy atom. The maximum atomic E-state index is 11.9. The Hall–Kier alpha value is -3.35. The van der Waals surface area contributed by atoms with E-state index in [2.05, 4.69) is 0 Å². The van der Waals surface area contributed by atoms with Crippen molar-refractivity contribution < 1.29 is 19.6 Å². The van der Waals surface area contributed by atoms with Gasteiger partial charge in [0.25, 0.3) is 0 Å². The van der Waals surface area contributed by atoms with Gasteiger partial charge in [0, 0.05) is 42.2 Å². The third-order valence-corrected chi connectivity index (χ3v) is 5.74. The molecule has 7 heteroatoms. The number of carboxylic acid groups (broad SMARTS) is 1. The summed E-state index contributed by atoms with van der Waals surface area (Å²) in [5.41, 5.74) is 3.04. The molecule has 1 aliphatic carbocycles. The maximum Gasteiger partial charge on any atom is 0.311 e. The van der Waals surface area contributed by atoms with Crippen LogP contribution >= 0.6 is 0 Å². The Bertz CT molecular complexity index is 1110. The second-order valence-corrected chi connectivity index (χ2v) is 7.87. The normalized spacial score (nSPS) is 14.3. The first-order chi connectivity index (χ1) is 14.4. The molecule has 156 valence electrons. The average Bonchev–Trinajstić information content (AvgIpc) is 3.36. The Kier molecular flexibility index (Phi) is 5.44. The molecule has 0 bridgehead atoms. The Labute approximate surface area is 174 Å². The first-order valence-corrected chi connectivity index (χ1v) is 10.2. The van der Waals surface area contributed by atoms with Crippen LogP contribution in [0.2, 0.25) is 0 Å². The third kappa shape index (κ3) is 4.01. The Morgan fingerprint density at radius 3 is 2.70 bits per heavy atom. The van der Waals surface area contributed by atoms with Crippen LogP contribution in [0.1, 0.15) is 37.7 Å². The van der Waals surface area contributed by atoms with E-state index in [1.165, 1.54) is 6.07 Å². The molecule has 3 aromatic rings. The number of hydrogen-bond donors (Lipinski definition) is 1. The van der Waals surface area contributed by atoms with Gasteiger partial charge in [0.1, 0.15) is 0 Å². The average molecular weight is 408 g/mol. The van der Waals surface area contributed by atoms with Crippen LogP contribution in [-0.4, -0.2) is 26.7 Å². The SMILES string of the molecule is Cn1ccc2cc(-c3cc(CCC(=O)O)cc([N+](=O)[O-])c3OC3CCCC3)ccc21. The van der Waals surface area contributed by atoms with Crippen molar-refractivity contribution in [3.8, 4) is 16.9 Å². The molecule has 7 nitrogen and oxygen atoms in total. The summed E-state index contributed by atoms with van der Waals surface area (Å²) < 4.78 is 8.20. The Balaban J connectivity index is 1.86. The lowest BCUT2D eigenvalue weighted by Gasteiger charge is -2.18. The predicted molar refractivity (Wildman–Crippen MR) is 114 cm³/mol. The smallest absolute Gasteiger partial charge is 0.311 e. The molecule has 30 heavy (non-hydrogen) atoms. The maximum absolute atomic E-state index is 11.9. The van der Waals surface area contributed by atoms with E-state index in [1.807, 2.05) is 48.1 Å². The Morgan fingerprint density at radius 2 is 2.00 bits per heavy atom. The van der Waals surface area contributed by atoms with Gasteiger partial charge in [0.05, 0.1) is 11.0 Å². The summed E-state index contributed by atoms with van der Waals surface area (Å²) >= 11 is 0. The molecule has 1 fully saturated rings. The van der Waals surface area contributed by atoms with Crippen LogP contribution in [0, 0.1) is 10.1 Å². The van der Waals surface area contributed by atoms with Gasteiger partial charge in [-0.05, 0) is 67.5 Å². The van der Waals surface area contributed by atoms with E-state index < -0.39 is 10.9 Å². The molecule has 1 N–H and O–H groups in total. The molecule has 0 saturated heterocycles. The fraction of sp³-hybridized carbons (Fsp3) is 0.348. The number of benzene rings is 2. The molecule has 0 radical (unpaired) electrons. The molecular formula is C23H24N2O5. The number of rotatable bonds is 7. The van der Waals surface area contributed by atoms with Crippen LogP contribution in [0.25, 0.3) is 22.0 Å². The largest absolute Gasteiger partial charge is 0.483 e. The highest BCUT2D eigenvalue weighted by molar-refractivity contribution is 5.88. The zero-order chi connectivity index (χ0) is 21.3. The number of aryl methyl sites for hydroxylation is 2. The topological polar surface area (TPSA) is 94.6 Å². The monoisotopic (exact) mass is 408 g/mol. The third-order valence-electron chi connectivity index (χ3n) is 5.74. The number of nitro groups is 1. The highest BCUT2D eigenvalue weighted by Crippen LogP contribution is 2.42. The highest BCUT2D eigenvalue weighted by Gasteiger charge is 2.27. The summed E-state index contributed by atoms with van der Waals surface area (Å²) in [7, 11) is 1.97. The minimum Gasteiger partial charge on any atom is -0.483 e. The summed E-state index contributed by atoms with van der Waals surface area (Å²) in [6, 6.07) is 11.2. The molecule has 2 aromatic carbocycles. The number of aromatic nitrogens is 1. The molecule has 1 aromatic heterocycles. The fourth-order valence-electron chi connectivity index (χ4n) is 4.16. The molecule has 0 unspecified atom stereocenters. The number of nitrogens with zero attached hydrogens (tertiary/aromatic N) is 2. The van der Waals surface area contributed by atoms with E-state index >= 15 is 0 Å². The van der Waals surface area contributed by atoms with Crippen molar-refractivity contribution in [2.45, 2.75) is 44.6 Å². The van der Waals surface area contributed by atoms with Gasteiger partial charge in [-0.1, -0.05) is 6.07 Å². The molecule has 0 amide bonds. The second kappa shape index (κ2) is 8.18. The van der Waals surface area contributed by atoms with E-state index in [1.54, 1.807) is 0 Å². The van der Waals surface area contributed by atoms with E-state index in [9.17, 15) is 14.9 Å². The molecule has 0 atom stereocenters. The molecule has 1 aliphatic rings. The molecule has 4 rings (SSSR count). The quantitative estimate of drug-likeness (QED) is 0.434. The summed E-state index contributed by atoms with van der Waals surface area (Å²) in [6.07, 6.45) is 5.95. The fourth-order valence-corrected chi connectivity index (χ4v) is 4.16. The first-order valence-electron chi connectivity index (χ1n) is 10.2. The minimum atomic E-state index is -0.934. The van der Waals surface area contributed by atoms with Gasteiger partial charge < -0.3 is 14.4 Å². The number of aliphatic carboxylic acids is 1. The van der Waals surface area contributed by atoms with Crippen LogP contribution in [0.4, 0.5) is 5.69 Å². The number of nitro benzene ring substituents is 1. The van der Waals surface area contributed by atoms with Crippen LogP contribution < -0.4 is 4.74 Å². The van der Waals surface area contributed by atoms with Crippen molar-refractivity contribution in [2.75, 3.05) is 0 Å². The molecular weight excluding hydrogens is 384 g/mol. The lowest BCUT2D eigenvalue weighted by Crippen LogP contribution is -2.13. The van der Waals surface area contributed by atoms with E-state index in [0.29, 0.717) is 11.1 Å². The summed E-state index contributed by atoms with van der Waals surface area (Å²) in [5, 5.41) is 22.0. The minimum absolute atomic E-state index is 0.0345. The van der Waals surface area contributed by atoms with Crippen molar-refractivity contribution >= 4 is 22.6 Å². The first kappa shape index (κ1) is 19.9. The summed E-state index contributed by atoms with van der Waals surface area (Å²) in [6.45, 7) is 0. The number of ether oxygens (including phenoxy) is 1. The van der Waals surface area contributed by atoms with Crippen LogP contribution in [0.5, 0.6) is 5.75 Å². The lowest BCUT2D eigenvalue weighted by atomic mass is 9.97. The number of carbonyl (C=O) groups is 1. The molecule has 1 heterocycles. The lowest BCUT2D eigenvalue weighted by molar-refractivity contribution is -0.386. The van der Waals surface area contributed by atoms with E-state index in [4.69, 9.17) is 9.84 Å². The van der Waals surface area contributed by atoms with Gasteiger partial charge in [-0.15, -0.1) is 0 Å². The molecule has 0 aliphatic heterocycles. The highest BCUT2D eigenvalue weighted by atomic mass is 16.6. The van der Waals surface area contributed by atoms with E-state index in [0.717, 1.165) is 42.1 Å². The van der Waals surface area contributed by atoms with Crippen molar-refractivity contribution in [1.82, 2.24) is 4.57 Å². The second-order valence-electron chi connectivity index (χ2n) is 7.87. The number of carboxylic acids is 1. The predicted octanol–water partition coefficient (Wildman–Crippen LogP) is 5.09. The standard InChI is InChI=1S/C23H24N2O5/c1-24-11-10-17-14-16(7-8-20(17)24)19-12-15(6-9-22(26)27)13-21(25(28)29)23(19)30-18-4-2-3-5-18/h7-8,10-14,18H,2-6,9H2,1H3,(H,26,27). The zero-order valence-electron chi connectivity index (χ0n) is 16.8. The van der Waals surface area contributed by atoms with Gasteiger partial charge in [-0.2, -0.15) is 0 Å². The van der Waals surface area contributed by atoms with Gasteiger partial charge >= 0.3 is 11.7 Å². The van der Waals surface area contributed by atoms with Crippen LogP contribution in [0.15, 0.2) is 42.6 Å². The number of hydrogen-bond acceptors (Lipinski definition) is 4. The van der Waals surface area contributed by atoms with Crippen LogP contribution in [0.3, 0.4) is 0 Å².